The van der Waals surface area contributed by atoms with E-state index in [-0.39, 0.29) is 17.2 Å². The van der Waals surface area contributed by atoms with Crippen LogP contribution in [0.15, 0.2) is 24.3 Å². The second-order valence-electron chi connectivity index (χ2n) is 8.35. The Hall–Kier alpha value is -1.85. The van der Waals surface area contributed by atoms with E-state index in [9.17, 15) is 9.59 Å². The molecule has 1 aromatic heterocycles. The molecule has 0 aliphatic heterocycles. The van der Waals surface area contributed by atoms with E-state index in [4.69, 9.17) is 11.6 Å². The monoisotopic (exact) mass is 418 g/mol. The SMILES string of the molecule is CCC(=O)Nc1sc2c(c1C(=O)Nc1ccccc1Cl)CC[C@@H](C(C)(C)C)C2. The van der Waals surface area contributed by atoms with Gasteiger partial charge in [0.1, 0.15) is 5.00 Å². The lowest BCUT2D eigenvalue weighted by Gasteiger charge is -2.33. The van der Waals surface area contributed by atoms with Crippen molar-refractivity contribution in [2.45, 2.75) is 53.4 Å². The molecule has 1 heterocycles. The zero-order chi connectivity index (χ0) is 20.5. The van der Waals surface area contributed by atoms with Crippen molar-refractivity contribution in [3.8, 4) is 0 Å². The molecule has 2 aromatic rings. The Morgan fingerprint density at radius 3 is 2.57 bits per heavy atom. The molecule has 4 nitrogen and oxygen atoms in total. The summed E-state index contributed by atoms with van der Waals surface area (Å²) in [4.78, 5) is 26.4. The van der Waals surface area contributed by atoms with Gasteiger partial charge in [0.05, 0.1) is 16.3 Å². The van der Waals surface area contributed by atoms with Crippen LogP contribution in [0.4, 0.5) is 10.7 Å². The summed E-state index contributed by atoms with van der Waals surface area (Å²) in [6, 6.07) is 7.18. The van der Waals surface area contributed by atoms with Crippen LogP contribution in [-0.4, -0.2) is 11.8 Å². The van der Waals surface area contributed by atoms with Crippen LogP contribution in [0.25, 0.3) is 0 Å². The number of fused-ring (bicyclic) bond motifs is 1. The summed E-state index contributed by atoms with van der Waals surface area (Å²) in [6.07, 6.45) is 3.21. The largest absolute Gasteiger partial charge is 0.321 e. The minimum absolute atomic E-state index is 0.0854. The molecule has 6 heteroatoms. The number of nitrogens with one attached hydrogen (secondary N) is 2. The second-order valence-corrected chi connectivity index (χ2v) is 9.86. The first-order valence-electron chi connectivity index (χ1n) is 9.71. The summed E-state index contributed by atoms with van der Waals surface area (Å²) in [6.45, 7) is 8.60. The number of para-hydroxylation sites is 1. The normalized spacial score (nSPS) is 16.4. The topological polar surface area (TPSA) is 58.2 Å². The van der Waals surface area contributed by atoms with Crippen molar-refractivity contribution in [1.82, 2.24) is 0 Å². The molecule has 2 N–H and O–H groups in total. The minimum Gasteiger partial charge on any atom is -0.321 e. The summed E-state index contributed by atoms with van der Waals surface area (Å²) >= 11 is 7.75. The standard InChI is InChI=1S/C22H27ClN2O2S/c1-5-18(26)25-21-19(20(27)24-16-9-7-6-8-15(16)23)14-11-10-13(22(2,3)4)12-17(14)28-21/h6-9,13H,5,10-12H2,1-4H3,(H,24,27)(H,25,26)/t13-/m1/s1. The van der Waals surface area contributed by atoms with Gasteiger partial charge in [-0.15, -0.1) is 11.3 Å². The number of benzene rings is 1. The Labute approximate surface area is 175 Å². The molecule has 1 atom stereocenters. The molecule has 0 saturated heterocycles. The van der Waals surface area contributed by atoms with Crippen LogP contribution in [-0.2, 0) is 17.6 Å². The third kappa shape index (κ3) is 4.41. The molecule has 0 bridgehead atoms. The molecule has 0 radical (unpaired) electrons. The van der Waals surface area contributed by atoms with Crippen molar-refractivity contribution < 1.29 is 9.59 Å². The van der Waals surface area contributed by atoms with E-state index < -0.39 is 0 Å². The Kier molecular flexibility index (Phi) is 6.15. The second kappa shape index (κ2) is 8.26. The first kappa shape index (κ1) is 20.9. The summed E-state index contributed by atoms with van der Waals surface area (Å²) in [7, 11) is 0. The van der Waals surface area contributed by atoms with Crippen LogP contribution in [0.1, 0.15) is 61.3 Å². The Balaban J connectivity index is 1.97. The van der Waals surface area contributed by atoms with Gasteiger partial charge in [-0.1, -0.05) is 51.4 Å². The van der Waals surface area contributed by atoms with Crippen LogP contribution >= 0.6 is 22.9 Å². The number of thiophene rings is 1. The maximum Gasteiger partial charge on any atom is 0.258 e. The molecule has 0 unspecified atom stereocenters. The lowest BCUT2D eigenvalue weighted by atomic mass is 9.72. The van der Waals surface area contributed by atoms with E-state index in [0.29, 0.717) is 33.6 Å². The number of rotatable bonds is 4. The van der Waals surface area contributed by atoms with Crippen LogP contribution in [0.3, 0.4) is 0 Å². The highest BCUT2D eigenvalue weighted by Gasteiger charge is 2.34. The van der Waals surface area contributed by atoms with Gasteiger partial charge in [0.25, 0.3) is 5.91 Å². The van der Waals surface area contributed by atoms with E-state index in [1.807, 2.05) is 19.1 Å². The molecule has 1 aliphatic carbocycles. The number of anilines is 2. The summed E-state index contributed by atoms with van der Waals surface area (Å²) in [5.74, 6) is 0.261. The predicted molar refractivity (Wildman–Crippen MR) is 118 cm³/mol. The quantitative estimate of drug-likeness (QED) is 0.625. The fourth-order valence-corrected chi connectivity index (χ4v) is 5.14. The first-order valence-corrected chi connectivity index (χ1v) is 10.9. The average molecular weight is 419 g/mol. The van der Waals surface area contributed by atoms with Gasteiger partial charge in [0.2, 0.25) is 5.91 Å². The summed E-state index contributed by atoms with van der Waals surface area (Å²) in [5, 5.41) is 7.00. The van der Waals surface area contributed by atoms with Gasteiger partial charge in [-0.3, -0.25) is 9.59 Å². The van der Waals surface area contributed by atoms with Gasteiger partial charge in [-0.25, -0.2) is 0 Å². The van der Waals surface area contributed by atoms with E-state index in [0.717, 1.165) is 24.8 Å². The summed E-state index contributed by atoms with van der Waals surface area (Å²) in [5.41, 5.74) is 2.45. The molecule has 0 spiro atoms. The zero-order valence-corrected chi connectivity index (χ0v) is 18.4. The third-order valence-corrected chi connectivity index (χ3v) is 6.91. The van der Waals surface area contributed by atoms with Gasteiger partial charge >= 0.3 is 0 Å². The fourth-order valence-electron chi connectivity index (χ4n) is 3.62. The van der Waals surface area contributed by atoms with Gasteiger partial charge in [0, 0.05) is 11.3 Å². The van der Waals surface area contributed by atoms with E-state index >= 15 is 0 Å². The molecule has 3 rings (SSSR count). The number of carbonyl (C=O) groups excluding carboxylic acids is 2. The molecule has 0 fully saturated rings. The number of carbonyl (C=O) groups is 2. The Morgan fingerprint density at radius 2 is 1.93 bits per heavy atom. The minimum atomic E-state index is -0.216. The molecule has 1 aromatic carbocycles. The highest BCUT2D eigenvalue weighted by molar-refractivity contribution is 7.17. The average Bonchev–Trinajstić information content (AvgIpc) is 2.99. The Bertz CT molecular complexity index is 898. The van der Waals surface area contributed by atoms with E-state index in [1.165, 1.54) is 4.88 Å². The molecule has 28 heavy (non-hydrogen) atoms. The molecule has 0 saturated carbocycles. The highest BCUT2D eigenvalue weighted by Crippen LogP contribution is 2.44. The number of halogens is 1. The maximum absolute atomic E-state index is 13.2. The van der Waals surface area contributed by atoms with Crippen LogP contribution in [0, 0.1) is 11.3 Å². The zero-order valence-electron chi connectivity index (χ0n) is 16.8. The van der Waals surface area contributed by atoms with Crippen molar-refractivity contribution in [2.75, 3.05) is 10.6 Å². The third-order valence-electron chi connectivity index (χ3n) is 5.41. The van der Waals surface area contributed by atoms with Gasteiger partial charge in [-0.05, 0) is 48.3 Å². The molecular formula is C22H27ClN2O2S. The van der Waals surface area contributed by atoms with Crippen molar-refractivity contribution in [3.05, 3.63) is 45.3 Å². The summed E-state index contributed by atoms with van der Waals surface area (Å²) < 4.78 is 0. The maximum atomic E-state index is 13.2. The number of hydrogen-bond donors (Lipinski definition) is 2. The smallest absolute Gasteiger partial charge is 0.258 e. The van der Waals surface area contributed by atoms with Crippen LogP contribution in [0.5, 0.6) is 0 Å². The lowest BCUT2D eigenvalue weighted by Crippen LogP contribution is -2.27. The molecule has 150 valence electrons. The van der Waals surface area contributed by atoms with E-state index in [1.54, 1.807) is 23.5 Å². The van der Waals surface area contributed by atoms with Gasteiger partial charge < -0.3 is 10.6 Å². The predicted octanol–water partition coefficient (Wildman–Crippen LogP) is 6.15. The van der Waals surface area contributed by atoms with Crippen molar-refractivity contribution in [2.24, 2.45) is 11.3 Å². The molecule has 1 aliphatic rings. The van der Waals surface area contributed by atoms with Crippen LogP contribution < -0.4 is 10.6 Å². The Morgan fingerprint density at radius 1 is 1.21 bits per heavy atom. The van der Waals surface area contributed by atoms with Crippen molar-refractivity contribution in [3.63, 3.8) is 0 Å². The lowest BCUT2D eigenvalue weighted by molar-refractivity contribution is -0.115. The van der Waals surface area contributed by atoms with Crippen LogP contribution in [0.2, 0.25) is 5.02 Å². The first-order chi connectivity index (χ1) is 13.2. The molecular weight excluding hydrogens is 392 g/mol. The van der Waals surface area contributed by atoms with Gasteiger partial charge in [0.15, 0.2) is 0 Å². The van der Waals surface area contributed by atoms with Crippen molar-refractivity contribution in [1.29, 1.82) is 0 Å². The van der Waals surface area contributed by atoms with E-state index in [2.05, 4.69) is 31.4 Å². The fraction of sp³-hybridized carbons (Fsp3) is 0.455. The highest BCUT2D eigenvalue weighted by atomic mass is 35.5. The van der Waals surface area contributed by atoms with Crippen molar-refractivity contribution >= 4 is 45.4 Å². The number of hydrogen-bond acceptors (Lipinski definition) is 3. The number of amides is 2. The van der Waals surface area contributed by atoms with Gasteiger partial charge in [-0.2, -0.15) is 0 Å². The molecule has 2 amide bonds.